The van der Waals surface area contributed by atoms with Gasteiger partial charge in [0, 0.05) is 12.6 Å². The van der Waals surface area contributed by atoms with E-state index in [1.165, 1.54) is 6.33 Å². The molecule has 0 aliphatic heterocycles. The van der Waals surface area contributed by atoms with Crippen molar-refractivity contribution in [2.75, 3.05) is 0 Å². The molecule has 4 heteroatoms. The van der Waals surface area contributed by atoms with Gasteiger partial charge in [-0.1, -0.05) is 0 Å². The molecule has 0 radical (unpaired) electrons. The molecule has 1 atom stereocenters. The van der Waals surface area contributed by atoms with Crippen LogP contribution in [0.15, 0.2) is 18.6 Å². The zero-order valence-corrected chi connectivity index (χ0v) is 8.20. The quantitative estimate of drug-likeness (QED) is 0.418. The Balaban J connectivity index is 2.57. The zero-order valence-electron chi connectivity index (χ0n) is 8.20. The molecule has 0 aromatic carbocycles. The molecule has 3 N–H and O–H groups in total. The van der Waals surface area contributed by atoms with E-state index in [1.54, 1.807) is 6.20 Å². The minimum absolute atomic E-state index is 0.0545. The standard InChI is InChI=1S/C10H14N4/c1-2-3-4-5-10(14-11)9-6-7-12-8-13-9/h6-8,10,14H,4-5,11H2,1H3. The van der Waals surface area contributed by atoms with E-state index in [0.29, 0.717) is 0 Å². The number of aromatic nitrogens is 2. The maximum absolute atomic E-state index is 5.43. The van der Waals surface area contributed by atoms with Gasteiger partial charge in [0.05, 0.1) is 11.7 Å². The normalized spacial score (nSPS) is 11.6. The minimum Gasteiger partial charge on any atom is -0.271 e. The molecule has 14 heavy (non-hydrogen) atoms. The van der Waals surface area contributed by atoms with E-state index in [2.05, 4.69) is 27.2 Å². The number of nitrogens with zero attached hydrogens (tertiary/aromatic N) is 2. The van der Waals surface area contributed by atoms with Crippen molar-refractivity contribution in [1.29, 1.82) is 0 Å². The third kappa shape index (κ3) is 3.13. The van der Waals surface area contributed by atoms with Crippen molar-refractivity contribution in [2.24, 2.45) is 5.84 Å². The predicted octanol–water partition coefficient (Wildman–Crippen LogP) is 0.785. The topological polar surface area (TPSA) is 63.8 Å². The Morgan fingerprint density at radius 3 is 3.07 bits per heavy atom. The average Bonchev–Trinajstić information content (AvgIpc) is 2.26. The summed E-state index contributed by atoms with van der Waals surface area (Å²) in [5.41, 5.74) is 3.62. The molecule has 0 aliphatic rings. The maximum atomic E-state index is 5.43. The molecule has 4 nitrogen and oxygen atoms in total. The molecule has 1 unspecified atom stereocenters. The van der Waals surface area contributed by atoms with Crippen LogP contribution in [0.1, 0.15) is 31.5 Å². The molecule has 0 aliphatic carbocycles. The second-order valence-electron chi connectivity index (χ2n) is 2.82. The molecule has 1 heterocycles. The molecule has 0 saturated heterocycles. The van der Waals surface area contributed by atoms with E-state index >= 15 is 0 Å². The van der Waals surface area contributed by atoms with E-state index in [4.69, 9.17) is 5.84 Å². The van der Waals surface area contributed by atoms with E-state index in [9.17, 15) is 0 Å². The number of nitrogens with two attached hydrogens (primary N) is 1. The number of hydrogen-bond donors (Lipinski definition) is 2. The van der Waals surface area contributed by atoms with Gasteiger partial charge in [0.15, 0.2) is 0 Å². The van der Waals surface area contributed by atoms with Crippen LogP contribution in [-0.2, 0) is 0 Å². The van der Waals surface area contributed by atoms with E-state index in [0.717, 1.165) is 18.5 Å². The van der Waals surface area contributed by atoms with Gasteiger partial charge < -0.3 is 0 Å². The van der Waals surface area contributed by atoms with Crippen LogP contribution >= 0.6 is 0 Å². The number of hydrazine groups is 1. The van der Waals surface area contributed by atoms with Crippen LogP contribution in [0.3, 0.4) is 0 Å². The van der Waals surface area contributed by atoms with Crippen molar-refractivity contribution in [1.82, 2.24) is 15.4 Å². The first kappa shape index (κ1) is 10.6. The Kier molecular flexibility index (Phi) is 4.62. The number of rotatable bonds is 4. The van der Waals surface area contributed by atoms with Crippen molar-refractivity contribution >= 4 is 0 Å². The van der Waals surface area contributed by atoms with Crippen LogP contribution in [0.25, 0.3) is 0 Å². The second kappa shape index (κ2) is 6.08. The summed E-state index contributed by atoms with van der Waals surface area (Å²) < 4.78 is 0. The summed E-state index contributed by atoms with van der Waals surface area (Å²) in [6, 6.07) is 1.91. The highest BCUT2D eigenvalue weighted by molar-refractivity contribution is 5.05. The second-order valence-corrected chi connectivity index (χ2v) is 2.82. The van der Waals surface area contributed by atoms with Crippen LogP contribution in [0.2, 0.25) is 0 Å². The molecular formula is C10H14N4. The fraction of sp³-hybridized carbons (Fsp3) is 0.400. The summed E-state index contributed by atoms with van der Waals surface area (Å²) in [5, 5.41) is 0. The Morgan fingerprint density at radius 2 is 2.50 bits per heavy atom. The monoisotopic (exact) mass is 190 g/mol. The maximum Gasteiger partial charge on any atom is 0.115 e. The van der Waals surface area contributed by atoms with Gasteiger partial charge in [-0.05, 0) is 19.4 Å². The lowest BCUT2D eigenvalue weighted by atomic mass is 10.1. The third-order valence-corrected chi connectivity index (χ3v) is 1.90. The van der Waals surface area contributed by atoms with Gasteiger partial charge in [-0.15, -0.1) is 11.8 Å². The first-order valence-electron chi connectivity index (χ1n) is 4.50. The fourth-order valence-electron chi connectivity index (χ4n) is 1.17. The SMILES string of the molecule is CC#CCCC(NN)c1ccncn1. The van der Waals surface area contributed by atoms with Gasteiger partial charge in [0.2, 0.25) is 0 Å². The van der Waals surface area contributed by atoms with E-state index < -0.39 is 0 Å². The fourth-order valence-corrected chi connectivity index (χ4v) is 1.17. The van der Waals surface area contributed by atoms with Crippen LogP contribution in [0, 0.1) is 11.8 Å². The Bertz CT molecular complexity index is 312. The zero-order chi connectivity index (χ0) is 10.2. The van der Waals surface area contributed by atoms with Crippen molar-refractivity contribution in [2.45, 2.75) is 25.8 Å². The number of nitrogens with one attached hydrogen (secondary N) is 1. The Hall–Kier alpha value is -1.44. The first-order chi connectivity index (χ1) is 6.88. The van der Waals surface area contributed by atoms with Crippen LogP contribution in [-0.4, -0.2) is 9.97 Å². The molecule has 1 aromatic heterocycles. The van der Waals surface area contributed by atoms with Crippen molar-refractivity contribution < 1.29 is 0 Å². The van der Waals surface area contributed by atoms with Gasteiger partial charge in [-0.2, -0.15) is 0 Å². The molecule has 0 amide bonds. The summed E-state index contributed by atoms with van der Waals surface area (Å²) in [5.74, 6) is 11.3. The number of hydrogen-bond acceptors (Lipinski definition) is 4. The lowest BCUT2D eigenvalue weighted by molar-refractivity contribution is 0.510. The van der Waals surface area contributed by atoms with Crippen molar-refractivity contribution in [3.05, 3.63) is 24.3 Å². The Labute approximate surface area is 83.9 Å². The lowest BCUT2D eigenvalue weighted by Crippen LogP contribution is -2.28. The molecule has 74 valence electrons. The smallest absolute Gasteiger partial charge is 0.115 e. The molecule has 0 saturated carbocycles. The molecule has 0 bridgehead atoms. The summed E-state index contributed by atoms with van der Waals surface area (Å²) in [6.07, 6.45) is 4.90. The summed E-state index contributed by atoms with van der Waals surface area (Å²) >= 11 is 0. The molecule has 0 fully saturated rings. The van der Waals surface area contributed by atoms with Crippen LogP contribution < -0.4 is 11.3 Å². The molecule has 1 aromatic rings. The first-order valence-corrected chi connectivity index (χ1v) is 4.50. The average molecular weight is 190 g/mol. The van der Waals surface area contributed by atoms with Gasteiger partial charge in [0.1, 0.15) is 6.33 Å². The summed E-state index contributed by atoms with van der Waals surface area (Å²) in [6.45, 7) is 1.83. The van der Waals surface area contributed by atoms with Gasteiger partial charge in [0.25, 0.3) is 0 Å². The van der Waals surface area contributed by atoms with Crippen LogP contribution in [0.5, 0.6) is 0 Å². The van der Waals surface area contributed by atoms with E-state index in [-0.39, 0.29) is 6.04 Å². The van der Waals surface area contributed by atoms with Gasteiger partial charge in [-0.3, -0.25) is 11.3 Å². The van der Waals surface area contributed by atoms with Crippen molar-refractivity contribution in [3.63, 3.8) is 0 Å². The van der Waals surface area contributed by atoms with Crippen LogP contribution in [0.4, 0.5) is 0 Å². The van der Waals surface area contributed by atoms with E-state index in [1.807, 2.05) is 13.0 Å². The third-order valence-electron chi connectivity index (χ3n) is 1.90. The molecule has 1 rings (SSSR count). The van der Waals surface area contributed by atoms with Gasteiger partial charge in [-0.25, -0.2) is 9.97 Å². The molecular weight excluding hydrogens is 176 g/mol. The Morgan fingerprint density at radius 1 is 1.64 bits per heavy atom. The summed E-state index contributed by atoms with van der Waals surface area (Å²) in [4.78, 5) is 7.98. The lowest BCUT2D eigenvalue weighted by Gasteiger charge is -2.12. The highest BCUT2D eigenvalue weighted by atomic mass is 15.2. The highest BCUT2D eigenvalue weighted by Crippen LogP contribution is 2.13. The van der Waals surface area contributed by atoms with Crippen molar-refractivity contribution in [3.8, 4) is 11.8 Å². The summed E-state index contributed by atoms with van der Waals surface area (Å²) in [7, 11) is 0. The highest BCUT2D eigenvalue weighted by Gasteiger charge is 2.08. The molecule has 0 spiro atoms. The predicted molar refractivity (Wildman–Crippen MR) is 54.8 cm³/mol. The van der Waals surface area contributed by atoms with Gasteiger partial charge >= 0.3 is 0 Å². The minimum atomic E-state index is 0.0545. The largest absolute Gasteiger partial charge is 0.271 e.